The Labute approximate surface area is 144 Å². The highest BCUT2D eigenvalue weighted by Crippen LogP contribution is 2.34. The zero-order chi connectivity index (χ0) is 15.0. The van der Waals surface area contributed by atoms with Crippen LogP contribution in [0, 0.1) is 0 Å². The van der Waals surface area contributed by atoms with Crippen LogP contribution >= 0.6 is 50.7 Å². The average molecular weight is 403 g/mol. The number of aromatic amines is 1. The minimum atomic E-state index is 0.372. The van der Waals surface area contributed by atoms with E-state index in [1.54, 1.807) is 18.5 Å². The quantitative estimate of drug-likeness (QED) is 0.545. The summed E-state index contributed by atoms with van der Waals surface area (Å²) in [5.41, 5.74) is 2.24. The Morgan fingerprint density at radius 2 is 1.81 bits per heavy atom. The van der Waals surface area contributed by atoms with E-state index in [-0.39, 0.29) is 0 Å². The Bertz CT molecular complexity index is 800. The molecule has 0 spiro atoms. The highest BCUT2D eigenvalue weighted by atomic mass is 79.9. The van der Waals surface area contributed by atoms with Crippen molar-refractivity contribution in [3.8, 4) is 22.6 Å². The molecule has 106 valence electrons. The van der Waals surface area contributed by atoms with E-state index < -0.39 is 0 Å². The maximum Gasteiger partial charge on any atom is 0.140 e. The second kappa shape index (κ2) is 5.97. The van der Waals surface area contributed by atoms with E-state index in [1.165, 1.54) is 0 Å². The van der Waals surface area contributed by atoms with Gasteiger partial charge < -0.3 is 4.98 Å². The van der Waals surface area contributed by atoms with Crippen LogP contribution in [0.4, 0.5) is 0 Å². The molecule has 0 amide bonds. The van der Waals surface area contributed by atoms with Crippen LogP contribution in [0.2, 0.25) is 15.2 Å². The summed E-state index contributed by atoms with van der Waals surface area (Å²) >= 11 is 21.7. The maximum atomic E-state index is 6.21. The van der Waals surface area contributed by atoms with Crippen molar-refractivity contribution in [2.24, 2.45) is 0 Å². The Kier molecular flexibility index (Phi) is 4.22. The smallest absolute Gasteiger partial charge is 0.140 e. The van der Waals surface area contributed by atoms with E-state index in [0.29, 0.717) is 26.6 Å². The Hall–Kier alpha value is -1.07. The van der Waals surface area contributed by atoms with E-state index in [4.69, 9.17) is 34.8 Å². The van der Waals surface area contributed by atoms with E-state index in [0.717, 1.165) is 15.7 Å². The van der Waals surface area contributed by atoms with Gasteiger partial charge in [0.2, 0.25) is 0 Å². The molecule has 0 saturated heterocycles. The summed E-state index contributed by atoms with van der Waals surface area (Å²) in [6, 6.07) is 7.28. The summed E-state index contributed by atoms with van der Waals surface area (Å²) in [7, 11) is 0. The molecular weight excluding hydrogens is 396 g/mol. The van der Waals surface area contributed by atoms with E-state index in [2.05, 4.69) is 30.9 Å². The van der Waals surface area contributed by atoms with Gasteiger partial charge in [0.1, 0.15) is 11.0 Å². The molecule has 0 saturated carbocycles. The number of imidazole rings is 1. The molecule has 0 bridgehead atoms. The van der Waals surface area contributed by atoms with Gasteiger partial charge in [0.05, 0.1) is 27.5 Å². The monoisotopic (exact) mass is 401 g/mol. The fourth-order valence-corrected chi connectivity index (χ4v) is 2.82. The van der Waals surface area contributed by atoms with Gasteiger partial charge in [0, 0.05) is 16.2 Å². The molecule has 0 fully saturated rings. The number of aromatic nitrogens is 3. The van der Waals surface area contributed by atoms with Crippen LogP contribution in [-0.2, 0) is 0 Å². The zero-order valence-corrected chi connectivity index (χ0v) is 14.2. The standard InChI is InChI=1S/C14H7BrCl3N3/c15-7-4-9(13(18)19-5-7)14-20-6-11(21-14)8-2-1-3-10(16)12(8)17/h1-6H,(H,20,21). The first kappa shape index (κ1) is 14.9. The topological polar surface area (TPSA) is 41.6 Å². The average Bonchev–Trinajstić information content (AvgIpc) is 2.94. The lowest BCUT2D eigenvalue weighted by molar-refractivity contribution is 1.25. The molecular formula is C14H7BrCl3N3. The molecule has 0 aliphatic heterocycles. The summed E-state index contributed by atoms with van der Waals surface area (Å²) < 4.78 is 0.820. The lowest BCUT2D eigenvalue weighted by Crippen LogP contribution is -1.86. The predicted molar refractivity (Wildman–Crippen MR) is 90.0 cm³/mol. The molecule has 0 aliphatic carbocycles. The fraction of sp³-hybridized carbons (Fsp3) is 0. The molecule has 2 heterocycles. The second-order valence-corrected chi connectivity index (χ2v) is 6.30. The van der Waals surface area contributed by atoms with Crippen molar-refractivity contribution in [3.63, 3.8) is 0 Å². The van der Waals surface area contributed by atoms with Gasteiger partial charge in [-0.15, -0.1) is 0 Å². The van der Waals surface area contributed by atoms with Crippen LogP contribution in [0.15, 0.2) is 41.1 Å². The maximum absolute atomic E-state index is 6.21. The number of pyridine rings is 1. The number of H-pyrrole nitrogens is 1. The van der Waals surface area contributed by atoms with Crippen LogP contribution in [0.25, 0.3) is 22.6 Å². The third-order valence-electron chi connectivity index (χ3n) is 2.88. The van der Waals surface area contributed by atoms with Crippen LogP contribution < -0.4 is 0 Å². The summed E-state index contributed by atoms with van der Waals surface area (Å²) in [5, 5.41) is 1.34. The van der Waals surface area contributed by atoms with E-state index >= 15 is 0 Å². The van der Waals surface area contributed by atoms with Gasteiger partial charge in [-0.05, 0) is 28.1 Å². The number of hydrogen-bond acceptors (Lipinski definition) is 2. The van der Waals surface area contributed by atoms with Crippen molar-refractivity contribution in [2.45, 2.75) is 0 Å². The van der Waals surface area contributed by atoms with Gasteiger partial charge >= 0.3 is 0 Å². The van der Waals surface area contributed by atoms with Crippen LogP contribution in [0.1, 0.15) is 0 Å². The number of benzene rings is 1. The van der Waals surface area contributed by atoms with Crippen molar-refractivity contribution in [3.05, 3.63) is 56.3 Å². The first-order valence-electron chi connectivity index (χ1n) is 5.87. The van der Waals surface area contributed by atoms with Crippen molar-refractivity contribution < 1.29 is 0 Å². The third-order valence-corrected chi connectivity index (χ3v) is 4.43. The number of hydrogen-bond donors (Lipinski definition) is 1. The number of nitrogens with one attached hydrogen (secondary N) is 1. The van der Waals surface area contributed by atoms with Gasteiger partial charge in [-0.1, -0.05) is 46.9 Å². The summed E-state index contributed by atoms with van der Waals surface area (Å²) in [5.74, 6) is 0.611. The first-order chi connectivity index (χ1) is 10.1. The molecule has 2 aromatic heterocycles. The highest BCUT2D eigenvalue weighted by Gasteiger charge is 2.13. The van der Waals surface area contributed by atoms with Gasteiger partial charge in [0.15, 0.2) is 0 Å². The molecule has 0 radical (unpaired) electrons. The molecule has 21 heavy (non-hydrogen) atoms. The predicted octanol–water partition coefficient (Wildman–Crippen LogP) is 5.86. The van der Waals surface area contributed by atoms with Crippen molar-refractivity contribution >= 4 is 50.7 Å². The summed E-state index contributed by atoms with van der Waals surface area (Å²) in [6.45, 7) is 0. The lowest BCUT2D eigenvalue weighted by atomic mass is 10.2. The fourth-order valence-electron chi connectivity index (χ4n) is 1.90. The van der Waals surface area contributed by atoms with Gasteiger partial charge in [-0.25, -0.2) is 9.97 Å². The molecule has 1 N–H and O–H groups in total. The molecule has 3 nitrogen and oxygen atoms in total. The lowest BCUT2D eigenvalue weighted by Gasteiger charge is -2.03. The van der Waals surface area contributed by atoms with E-state index in [9.17, 15) is 0 Å². The Balaban J connectivity index is 2.08. The molecule has 0 unspecified atom stereocenters. The third kappa shape index (κ3) is 2.94. The summed E-state index contributed by atoms with van der Waals surface area (Å²) in [6.07, 6.45) is 3.31. The highest BCUT2D eigenvalue weighted by molar-refractivity contribution is 9.10. The van der Waals surface area contributed by atoms with Crippen LogP contribution in [0.5, 0.6) is 0 Å². The molecule has 3 rings (SSSR count). The van der Waals surface area contributed by atoms with Gasteiger partial charge in [-0.2, -0.15) is 0 Å². The van der Waals surface area contributed by atoms with Crippen molar-refractivity contribution in [2.75, 3.05) is 0 Å². The minimum Gasteiger partial charge on any atom is -0.338 e. The summed E-state index contributed by atoms with van der Waals surface area (Å²) in [4.78, 5) is 11.6. The van der Waals surface area contributed by atoms with Gasteiger partial charge in [0.25, 0.3) is 0 Å². The first-order valence-corrected chi connectivity index (χ1v) is 7.80. The number of rotatable bonds is 2. The zero-order valence-electron chi connectivity index (χ0n) is 10.4. The molecule has 0 atom stereocenters. The van der Waals surface area contributed by atoms with Crippen molar-refractivity contribution in [1.82, 2.24) is 15.0 Å². The normalized spacial score (nSPS) is 10.9. The Morgan fingerprint density at radius 1 is 1.00 bits per heavy atom. The minimum absolute atomic E-state index is 0.372. The van der Waals surface area contributed by atoms with Crippen LogP contribution in [-0.4, -0.2) is 15.0 Å². The number of halogens is 4. The van der Waals surface area contributed by atoms with Crippen molar-refractivity contribution in [1.29, 1.82) is 0 Å². The van der Waals surface area contributed by atoms with E-state index in [1.807, 2.05) is 18.2 Å². The van der Waals surface area contributed by atoms with Gasteiger partial charge in [-0.3, -0.25) is 0 Å². The number of nitrogens with zero attached hydrogens (tertiary/aromatic N) is 2. The largest absolute Gasteiger partial charge is 0.338 e. The molecule has 3 aromatic rings. The molecule has 7 heteroatoms. The SMILES string of the molecule is Clc1cccc(-c2cnc(-c3cc(Br)cnc3Cl)[nH]2)c1Cl. The Morgan fingerprint density at radius 3 is 2.62 bits per heavy atom. The molecule has 0 aliphatic rings. The molecule has 1 aromatic carbocycles. The second-order valence-electron chi connectivity index (χ2n) is 4.24. The van der Waals surface area contributed by atoms with Crippen LogP contribution in [0.3, 0.4) is 0 Å².